The van der Waals surface area contributed by atoms with Crippen LogP contribution in [0.4, 0.5) is 0 Å². The molecule has 0 saturated carbocycles. The van der Waals surface area contributed by atoms with E-state index in [1.807, 2.05) is 41.3 Å². The number of H-pyrrole nitrogens is 1. The minimum atomic E-state index is -0.501. The van der Waals surface area contributed by atoms with E-state index in [1.165, 1.54) is 4.90 Å². The number of hydrogen-bond donors (Lipinski definition) is 2. The van der Waals surface area contributed by atoms with E-state index in [4.69, 9.17) is 16.3 Å². The summed E-state index contributed by atoms with van der Waals surface area (Å²) in [4.78, 5) is 36.0. The van der Waals surface area contributed by atoms with E-state index in [9.17, 15) is 9.59 Å². The molecule has 182 valence electrons. The first-order valence-corrected chi connectivity index (χ1v) is 12.8. The molecule has 6 rings (SSSR count). The molecule has 2 saturated heterocycles. The van der Waals surface area contributed by atoms with E-state index in [1.54, 1.807) is 4.90 Å². The van der Waals surface area contributed by atoms with Gasteiger partial charge in [-0.3, -0.25) is 9.59 Å². The Bertz CT molecular complexity index is 1250. The lowest BCUT2D eigenvalue weighted by atomic mass is 9.86. The lowest BCUT2D eigenvalue weighted by molar-refractivity contribution is -0.908. The number of ether oxygens (including phenoxy) is 1. The highest BCUT2D eigenvalue weighted by atomic mass is 35.5. The number of hydrogen-bond acceptors (Lipinski definition) is 3. The summed E-state index contributed by atoms with van der Waals surface area (Å²) >= 11 is 6.17. The Hall–Kier alpha value is -2.87. The number of nitrogens with zero attached hydrogens (tertiary/aromatic N) is 2. The van der Waals surface area contributed by atoms with Gasteiger partial charge in [0, 0.05) is 41.0 Å². The van der Waals surface area contributed by atoms with Gasteiger partial charge in [-0.2, -0.15) is 0 Å². The Balaban J connectivity index is 1.31. The van der Waals surface area contributed by atoms with Crippen LogP contribution in [0.1, 0.15) is 29.3 Å². The summed E-state index contributed by atoms with van der Waals surface area (Å²) in [5.74, 6) is 0.0500. The normalized spacial score (nSPS) is 23.0. The average molecular weight is 494 g/mol. The van der Waals surface area contributed by atoms with E-state index in [0.717, 1.165) is 67.0 Å². The fourth-order valence-corrected chi connectivity index (χ4v) is 6.06. The van der Waals surface area contributed by atoms with Crippen LogP contribution in [0.2, 0.25) is 5.02 Å². The third kappa shape index (κ3) is 4.11. The summed E-state index contributed by atoms with van der Waals surface area (Å²) < 4.78 is 5.45. The molecule has 2 atom stereocenters. The first-order chi connectivity index (χ1) is 17.1. The Morgan fingerprint density at radius 3 is 2.63 bits per heavy atom. The summed E-state index contributed by atoms with van der Waals surface area (Å²) in [6.45, 7) is 5.36. The predicted molar refractivity (Wildman–Crippen MR) is 134 cm³/mol. The van der Waals surface area contributed by atoms with Crippen molar-refractivity contribution in [2.75, 3.05) is 45.9 Å². The zero-order chi connectivity index (χ0) is 23.9. The number of fused-ring (bicyclic) bond motifs is 4. The molecule has 2 N–H and O–H groups in total. The molecular formula is C27H30ClN4O3+. The molecule has 7 nitrogen and oxygen atoms in total. The van der Waals surface area contributed by atoms with Crippen molar-refractivity contribution in [3.8, 4) is 0 Å². The Labute approximate surface area is 209 Å². The number of aromatic nitrogens is 1. The molecule has 3 aliphatic heterocycles. The fourth-order valence-electron chi connectivity index (χ4n) is 5.93. The second-order valence-corrected chi connectivity index (χ2v) is 10.2. The Morgan fingerprint density at radius 1 is 1.06 bits per heavy atom. The molecule has 35 heavy (non-hydrogen) atoms. The molecule has 0 radical (unpaired) electrons. The number of carbonyl (C=O) groups excluding carboxylic acids is 2. The van der Waals surface area contributed by atoms with Crippen LogP contribution in [-0.2, 0) is 20.7 Å². The van der Waals surface area contributed by atoms with Gasteiger partial charge < -0.3 is 24.4 Å². The van der Waals surface area contributed by atoms with Gasteiger partial charge in [-0.25, -0.2) is 0 Å². The molecule has 3 aromatic rings. The third-order valence-electron chi connectivity index (χ3n) is 7.69. The number of benzene rings is 2. The summed E-state index contributed by atoms with van der Waals surface area (Å²) in [6.07, 6.45) is 1.42. The third-order valence-corrected chi connectivity index (χ3v) is 7.94. The van der Waals surface area contributed by atoms with E-state index in [2.05, 4.69) is 17.1 Å². The average Bonchev–Trinajstić information content (AvgIpc) is 3.25. The van der Waals surface area contributed by atoms with Gasteiger partial charge in [-0.1, -0.05) is 41.9 Å². The van der Waals surface area contributed by atoms with Gasteiger partial charge >= 0.3 is 0 Å². The van der Waals surface area contributed by atoms with Gasteiger partial charge in [0.15, 0.2) is 0 Å². The van der Waals surface area contributed by atoms with Gasteiger partial charge in [-0.05, 0) is 29.3 Å². The van der Waals surface area contributed by atoms with E-state index in [-0.39, 0.29) is 24.4 Å². The van der Waals surface area contributed by atoms with Crippen LogP contribution in [0.5, 0.6) is 0 Å². The molecule has 0 aliphatic carbocycles. The highest BCUT2D eigenvalue weighted by molar-refractivity contribution is 6.30. The van der Waals surface area contributed by atoms with E-state index < -0.39 is 6.04 Å². The zero-order valence-electron chi connectivity index (χ0n) is 19.6. The second kappa shape index (κ2) is 9.30. The van der Waals surface area contributed by atoms with Crippen LogP contribution in [0.3, 0.4) is 0 Å². The summed E-state index contributed by atoms with van der Waals surface area (Å²) in [7, 11) is 0. The number of rotatable bonds is 5. The van der Waals surface area contributed by atoms with Crippen molar-refractivity contribution < 1.29 is 19.2 Å². The standard InChI is InChI=1S/C27H29ClN4O3/c28-19-8-6-18(7-9-19)26-25-21(20-4-1-2-5-22(20)29-25)16-23-27(34)31(17-24(33)32(23)26)11-3-10-30-12-14-35-15-13-30/h1-2,4-9,23,26,29H,3,10-17H2/p+1/t23-,26-/m1/s1. The largest absolute Gasteiger partial charge is 0.370 e. The molecule has 0 bridgehead atoms. The number of nitrogens with one attached hydrogen (secondary N) is 2. The van der Waals surface area contributed by atoms with Crippen molar-refractivity contribution in [3.05, 3.63) is 70.4 Å². The number of carbonyl (C=O) groups is 2. The fraction of sp³-hybridized carbons (Fsp3) is 0.407. The van der Waals surface area contributed by atoms with Crippen LogP contribution in [0, 0.1) is 0 Å². The van der Waals surface area contributed by atoms with Crippen molar-refractivity contribution >= 4 is 34.3 Å². The molecule has 4 heterocycles. The maximum Gasteiger partial charge on any atom is 0.246 e. The van der Waals surface area contributed by atoms with Crippen molar-refractivity contribution in [1.82, 2.24) is 14.8 Å². The number of morpholine rings is 1. The van der Waals surface area contributed by atoms with Crippen LogP contribution >= 0.6 is 11.6 Å². The number of amides is 2. The van der Waals surface area contributed by atoms with Crippen LogP contribution in [0.25, 0.3) is 10.9 Å². The van der Waals surface area contributed by atoms with E-state index in [0.29, 0.717) is 18.0 Å². The Morgan fingerprint density at radius 2 is 1.83 bits per heavy atom. The highest BCUT2D eigenvalue weighted by Crippen LogP contribution is 2.42. The smallest absolute Gasteiger partial charge is 0.246 e. The van der Waals surface area contributed by atoms with Crippen molar-refractivity contribution in [2.45, 2.75) is 24.9 Å². The minimum absolute atomic E-state index is 0.00224. The van der Waals surface area contributed by atoms with Crippen LogP contribution < -0.4 is 4.90 Å². The molecule has 0 unspecified atom stereocenters. The number of para-hydroxylation sites is 1. The minimum Gasteiger partial charge on any atom is -0.370 e. The molecule has 3 aliphatic rings. The molecule has 0 spiro atoms. The summed E-state index contributed by atoms with van der Waals surface area (Å²) in [5.41, 5.74) is 4.11. The summed E-state index contributed by atoms with van der Waals surface area (Å²) in [5, 5.41) is 1.77. The van der Waals surface area contributed by atoms with Crippen LogP contribution in [0.15, 0.2) is 48.5 Å². The maximum absolute atomic E-state index is 13.8. The molecular weight excluding hydrogens is 464 g/mol. The number of aromatic amines is 1. The zero-order valence-corrected chi connectivity index (χ0v) is 20.4. The van der Waals surface area contributed by atoms with Crippen LogP contribution in [-0.4, -0.2) is 78.6 Å². The maximum atomic E-state index is 13.8. The van der Waals surface area contributed by atoms with Gasteiger partial charge in [0.1, 0.15) is 19.1 Å². The predicted octanol–water partition coefficient (Wildman–Crippen LogP) is 1.81. The molecule has 2 fully saturated rings. The number of halogens is 1. The van der Waals surface area contributed by atoms with Crippen molar-refractivity contribution in [2.24, 2.45) is 0 Å². The number of piperazine rings is 1. The van der Waals surface area contributed by atoms with Gasteiger partial charge in [-0.15, -0.1) is 0 Å². The van der Waals surface area contributed by atoms with Gasteiger partial charge in [0.05, 0.1) is 32.3 Å². The van der Waals surface area contributed by atoms with Gasteiger partial charge in [0.25, 0.3) is 0 Å². The molecule has 2 aromatic carbocycles. The lowest BCUT2D eigenvalue weighted by Gasteiger charge is -2.47. The first kappa shape index (κ1) is 22.6. The second-order valence-electron chi connectivity index (χ2n) is 9.76. The van der Waals surface area contributed by atoms with Crippen molar-refractivity contribution in [1.29, 1.82) is 0 Å². The van der Waals surface area contributed by atoms with Gasteiger partial charge in [0.2, 0.25) is 11.8 Å². The molecule has 2 amide bonds. The first-order valence-electron chi connectivity index (χ1n) is 12.5. The molecule has 8 heteroatoms. The monoisotopic (exact) mass is 493 g/mol. The quantitative estimate of drug-likeness (QED) is 0.569. The highest BCUT2D eigenvalue weighted by Gasteiger charge is 2.48. The summed E-state index contributed by atoms with van der Waals surface area (Å²) in [6, 6.07) is 14.9. The Kier molecular flexibility index (Phi) is 6.00. The van der Waals surface area contributed by atoms with E-state index >= 15 is 0 Å². The topological polar surface area (TPSA) is 70.1 Å². The van der Waals surface area contributed by atoms with Crippen molar-refractivity contribution in [3.63, 3.8) is 0 Å². The molecule has 1 aromatic heterocycles. The lowest BCUT2D eigenvalue weighted by Crippen LogP contribution is -3.14. The number of quaternary nitrogens is 1. The SMILES string of the molecule is O=C1[C@H]2Cc3c([nH]c4ccccc34)[C@@H](c3ccc(Cl)cc3)N2C(=O)CN1CCC[NH+]1CCOCC1.